The summed E-state index contributed by atoms with van der Waals surface area (Å²) in [6.45, 7) is 14.2. The number of carbonyl (C=O) groups is 3. The van der Waals surface area contributed by atoms with Gasteiger partial charge in [0.2, 0.25) is 5.91 Å². The number of allylic oxidation sites excluding steroid dienone is 10. The molecule has 0 spiro atoms. The Labute approximate surface area is 266 Å². The lowest BCUT2D eigenvalue weighted by molar-refractivity contribution is -0.137. The van der Waals surface area contributed by atoms with Crippen LogP contribution < -0.4 is 11.1 Å². The number of hydrogen-bond acceptors (Lipinski definition) is 6. The maximum absolute atomic E-state index is 11.4. The first-order valence-electron chi connectivity index (χ1n) is 15.8. The van der Waals surface area contributed by atoms with Crippen LogP contribution in [0.15, 0.2) is 84.2 Å². The van der Waals surface area contributed by atoms with E-state index in [9.17, 15) is 19.5 Å². The van der Waals surface area contributed by atoms with E-state index in [0.29, 0.717) is 25.4 Å². The number of nitrogens with one attached hydrogen (secondary N) is 1. The minimum absolute atomic E-state index is 0.145. The van der Waals surface area contributed by atoms with Gasteiger partial charge in [-0.1, -0.05) is 80.5 Å². The van der Waals surface area contributed by atoms with Crippen LogP contribution in [0.4, 0.5) is 4.79 Å². The fourth-order valence-electron chi connectivity index (χ4n) is 3.87. The Kier molecular flexibility index (Phi) is 28.4. The van der Waals surface area contributed by atoms with Gasteiger partial charge < -0.3 is 25.6 Å². The molecule has 0 bridgehead atoms. The van der Waals surface area contributed by atoms with E-state index in [0.717, 1.165) is 44.1 Å². The molecule has 0 aliphatic rings. The molecular weight excluding hydrogens is 556 g/mol. The van der Waals surface area contributed by atoms with Crippen molar-refractivity contribution in [1.82, 2.24) is 5.32 Å². The van der Waals surface area contributed by atoms with Gasteiger partial charge >= 0.3 is 12.1 Å². The fourth-order valence-corrected chi connectivity index (χ4v) is 3.87. The standard InChI is InChI=1S/C34H52N2O6.C2H6/c1-6-17-32(38)36-25-24-29(5)26-28(4)23-22-27(3)18-13-12-15-20-31(42-34(35)40)30(37)19-14-10-8-9-11-16-21-33(39)41-7-2;1-2/h6,12-14,16-19,21,24-26,28,30-31,37H,7-11,15,20,22-23H2,1-5H3,(H2,35,40)(H,36,38);1-2H3/b13-12+,17-6+,19-14+,21-16+,25-24+,27-18+,29-26+;/t28-,30-,31-;/m0./s1. The van der Waals surface area contributed by atoms with Gasteiger partial charge in [-0.2, -0.15) is 0 Å². The van der Waals surface area contributed by atoms with E-state index in [2.05, 4.69) is 31.3 Å². The third-order valence-electron chi connectivity index (χ3n) is 6.08. The Balaban J connectivity index is 0. The summed E-state index contributed by atoms with van der Waals surface area (Å²) in [7, 11) is 0. The van der Waals surface area contributed by atoms with E-state index in [1.54, 1.807) is 38.3 Å². The second-order valence-electron chi connectivity index (χ2n) is 10.1. The summed E-state index contributed by atoms with van der Waals surface area (Å²) in [5.74, 6) is -0.0816. The molecular formula is C36H58N2O6. The normalized spacial score (nSPS) is 14.6. The molecule has 2 amide bonds. The van der Waals surface area contributed by atoms with Crippen LogP contribution in [-0.4, -0.2) is 41.9 Å². The summed E-state index contributed by atoms with van der Waals surface area (Å²) in [6.07, 6.45) is 25.5. The molecule has 3 atom stereocenters. The van der Waals surface area contributed by atoms with Crippen molar-refractivity contribution in [3.63, 3.8) is 0 Å². The van der Waals surface area contributed by atoms with Crippen molar-refractivity contribution in [2.24, 2.45) is 11.7 Å². The molecule has 0 aromatic heterocycles. The molecule has 0 aliphatic carbocycles. The Morgan fingerprint density at radius 1 is 0.955 bits per heavy atom. The Bertz CT molecular complexity index is 1000. The summed E-state index contributed by atoms with van der Waals surface area (Å²) in [5.41, 5.74) is 7.55. The second-order valence-corrected chi connectivity index (χ2v) is 10.1. The van der Waals surface area contributed by atoms with Crippen LogP contribution in [0.3, 0.4) is 0 Å². The van der Waals surface area contributed by atoms with Crippen LogP contribution in [0.25, 0.3) is 0 Å². The number of hydrogen-bond donors (Lipinski definition) is 3. The number of rotatable bonds is 21. The van der Waals surface area contributed by atoms with E-state index in [4.69, 9.17) is 15.2 Å². The van der Waals surface area contributed by atoms with Gasteiger partial charge in [0.25, 0.3) is 0 Å². The molecule has 0 aliphatic heterocycles. The van der Waals surface area contributed by atoms with Crippen molar-refractivity contribution < 1.29 is 29.0 Å². The molecule has 0 heterocycles. The topological polar surface area (TPSA) is 128 Å². The van der Waals surface area contributed by atoms with Crippen molar-refractivity contribution >= 4 is 18.0 Å². The SMILES string of the molecule is C/C=C/C(=O)N/C=C/C(C)=C/[C@@H](C)CC/C(C)=C/C=C/CC[C@H](OC(N)=O)[C@@H](O)/C=C/CCCC/C=C/C(=O)OCC.CC. The van der Waals surface area contributed by atoms with Gasteiger partial charge in [-0.05, 0) is 97.1 Å². The Morgan fingerprint density at radius 3 is 2.27 bits per heavy atom. The Morgan fingerprint density at radius 2 is 1.64 bits per heavy atom. The minimum Gasteiger partial charge on any atom is -0.463 e. The van der Waals surface area contributed by atoms with Gasteiger partial charge in [0.15, 0.2) is 0 Å². The number of nitrogens with two attached hydrogens (primary N) is 1. The largest absolute Gasteiger partial charge is 0.463 e. The average molecular weight is 615 g/mol. The van der Waals surface area contributed by atoms with Gasteiger partial charge in [0.1, 0.15) is 12.2 Å². The number of amides is 2. The summed E-state index contributed by atoms with van der Waals surface area (Å²) in [4.78, 5) is 34.0. The molecule has 0 aromatic carbocycles. The maximum atomic E-state index is 11.4. The van der Waals surface area contributed by atoms with Gasteiger partial charge in [-0.3, -0.25) is 4.79 Å². The van der Waals surface area contributed by atoms with E-state index in [1.807, 2.05) is 45.1 Å². The van der Waals surface area contributed by atoms with Crippen LogP contribution in [0, 0.1) is 5.92 Å². The van der Waals surface area contributed by atoms with Crippen molar-refractivity contribution in [2.45, 2.75) is 112 Å². The lowest BCUT2D eigenvalue weighted by Gasteiger charge is -2.19. The first-order chi connectivity index (χ1) is 21.1. The number of primary amides is 1. The first kappa shape index (κ1) is 42.5. The molecule has 0 saturated carbocycles. The van der Waals surface area contributed by atoms with E-state index in [1.165, 1.54) is 17.7 Å². The predicted octanol–water partition coefficient (Wildman–Crippen LogP) is 7.92. The molecule has 44 heavy (non-hydrogen) atoms. The maximum Gasteiger partial charge on any atom is 0.404 e. The molecule has 0 rings (SSSR count). The average Bonchev–Trinajstić information content (AvgIpc) is 2.97. The highest BCUT2D eigenvalue weighted by Crippen LogP contribution is 2.16. The number of esters is 1. The molecule has 0 saturated heterocycles. The second kappa shape index (κ2) is 29.4. The van der Waals surface area contributed by atoms with Crippen LogP contribution in [0.2, 0.25) is 0 Å². The number of carbonyl (C=O) groups excluding carboxylic acids is 3. The quantitative estimate of drug-likeness (QED) is 0.0396. The highest BCUT2D eigenvalue weighted by molar-refractivity contribution is 5.88. The molecule has 248 valence electrons. The minimum atomic E-state index is -0.941. The molecule has 0 radical (unpaired) electrons. The molecule has 0 fully saturated rings. The van der Waals surface area contributed by atoms with Crippen molar-refractivity contribution in [2.75, 3.05) is 6.61 Å². The number of ether oxygens (including phenoxy) is 2. The third-order valence-corrected chi connectivity index (χ3v) is 6.08. The highest BCUT2D eigenvalue weighted by Gasteiger charge is 2.19. The van der Waals surface area contributed by atoms with E-state index < -0.39 is 18.3 Å². The zero-order chi connectivity index (χ0) is 33.6. The van der Waals surface area contributed by atoms with Crippen LogP contribution in [0.5, 0.6) is 0 Å². The first-order valence-corrected chi connectivity index (χ1v) is 15.8. The smallest absolute Gasteiger partial charge is 0.404 e. The fraction of sp³-hybridized carbons (Fsp3) is 0.528. The molecule has 8 heteroatoms. The number of unbranched alkanes of at least 4 members (excludes halogenated alkanes) is 3. The predicted molar refractivity (Wildman–Crippen MR) is 182 cm³/mol. The van der Waals surface area contributed by atoms with Gasteiger partial charge in [0.05, 0.1) is 6.61 Å². The lowest BCUT2D eigenvalue weighted by atomic mass is 9.99. The lowest BCUT2D eigenvalue weighted by Crippen LogP contribution is -2.32. The molecule has 0 aromatic rings. The number of aliphatic hydroxyl groups is 1. The Hall–Kier alpha value is -3.65. The molecule has 0 unspecified atom stereocenters. The summed E-state index contributed by atoms with van der Waals surface area (Å²) >= 11 is 0. The number of aliphatic hydroxyl groups excluding tert-OH is 1. The van der Waals surface area contributed by atoms with Gasteiger partial charge in [-0.25, -0.2) is 9.59 Å². The molecule has 4 N–H and O–H groups in total. The summed E-state index contributed by atoms with van der Waals surface area (Å²) in [6, 6.07) is 0. The third kappa shape index (κ3) is 27.2. The zero-order valence-corrected chi connectivity index (χ0v) is 28.1. The van der Waals surface area contributed by atoms with Gasteiger partial charge in [0, 0.05) is 12.3 Å². The highest BCUT2D eigenvalue weighted by atomic mass is 16.6. The molecule has 8 nitrogen and oxygen atoms in total. The van der Waals surface area contributed by atoms with Crippen LogP contribution in [0.1, 0.15) is 99.8 Å². The van der Waals surface area contributed by atoms with Gasteiger partial charge in [-0.15, -0.1) is 0 Å². The van der Waals surface area contributed by atoms with E-state index in [-0.39, 0.29) is 11.9 Å². The zero-order valence-electron chi connectivity index (χ0n) is 28.1. The van der Waals surface area contributed by atoms with Crippen molar-refractivity contribution in [1.29, 1.82) is 0 Å². The summed E-state index contributed by atoms with van der Waals surface area (Å²) in [5, 5.41) is 13.2. The van der Waals surface area contributed by atoms with Crippen molar-refractivity contribution in [3.8, 4) is 0 Å². The van der Waals surface area contributed by atoms with Crippen LogP contribution in [-0.2, 0) is 19.1 Å². The van der Waals surface area contributed by atoms with E-state index >= 15 is 0 Å². The monoisotopic (exact) mass is 614 g/mol. The van der Waals surface area contributed by atoms with Crippen molar-refractivity contribution in [3.05, 3.63) is 84.2 Å². The summed E-state index contributed by atoms with van der Waals surface area (Å²) < 4.78 is 9.97. The van der Waals surface area contributed by atoms with Crippen LogP contribution >= 0.6 is 0 Å².